The van der Waals surface area contributed by atoms with E-state index in [0.717, 1.165) is 30.3 Å². The van der Waals surface area contributed by atoms with Crippen LogP contribution in [0.4, 0.5) is 13.2 Å². The number of pyridine rings is 1. The first-order chi connectivity index (χ1) is 17.1. The summed E-state index contributed by atoms with van der Waals surface area (Å²) in [6, 6.07) is 8.94. The molecule has 1 unspecified atom stereocenters. The Kier molecular flexibility index (Phi) is 7.17. The number of rotatable bonds is 9. The highest BCUT2D eigenvalue weighted by molar-refractivity contribution is 7.91. The zero-order chi connectivity index (χ0) is 26.0. The van der Waals surface area contributed by atoms with E-state index in [0.29, 0.717) is 9.72 Å². The van der Waals surface area contributed by atoms with Crippen molar-refractivity contribution in [3.05, 3.63) is 66.2 Å². The van der Waals surface area contributed by atoms with Crippen molar-refractivity contribution in [2.75, 3.05) is 14.2 Å². The predicted molar refractivity (Wildman–Crippen MR) is 123 cm³/mol. The maximum Gasteiger partial charge on any atom is 0.387 e. The van der Waals surface area contributed by atoms with Crippen LogP contribution < -0.4 is 14.2 Å². The van der Waals surface area contributed by atoms with E-state index in [4.69, 9.17) is 9.47 Å². The molecular weight excluding hydrogens is 523 g/mol. The summed E-state index contributed by atoms with van der Waals surface area (Å²) >= 11 is 0. The van der Waals surface area contributed by atoms with Crippen LogP contribution in [0.25, 0.3) is 11.0 Å². The molecule has 14 heteroatoms. The highest BCUT2D eigenvalue weighted by atomic mass is 32.2. The summed E-state index contributed by atoms with van der Waals surface area (Å²) in [4.78, 5) is 8.02. The highest BCUT2D eigenvalue weighted by Gasteiger charge is 2.29. The number of hydrogen-bond acceptors (Lipinski definition) is 8. The Hall–Kier alpha value is -3.65. The zero-order valence-electron chi connectivity index (χ0n) is 18.7. The van der Waals surface area contributed by atoms with Gasteiger partial charge < -0.3 is 14.2 Å². The molecule has 0 aliphatic carbocycles. The van der Waals surface area contributed by atoms with Gasteiger partial charge in [0.1, 0.15) is 11.6 Å². The monoisotopic (exact) mass is 541 g/mol. The first-order valence-corrected chi connectivity index (χ1v) is 12.8. The van der Waals surface area contributed by atoms with Crippen LogP contribution in [-0.2, 0) is 26.6 Å². The zero-order valence-corrected chi connectivity index (χ0v) is 20.4. The molecule has 36 heavy (non-hydrogen) atoms. The third kappa shape index (κ3) is 4.86. The van der Waals surface area contributed by atoms with Gasteiger partial charge in [-0.3, -0.25) is 9.19 Å². The van der Waals surface area contributed by atoms with E-state index in [1.807, 2.05) is 0 Å². The van der Waals surface area contributed by atoms with Crippen molar-refractivity contribution in [3.8, 4) is 17.2 Å². The lowest BCUT2D eigenvalue weighted by Gasteiger charge is -2.13. The van der Waals surface area contributed by atoms with Crippen LogP contribution >= 0.6 is 0 Å². The summed E-state index contributed by atoms with van der Waals surface area (Å²) in [6.07, 6.45) is 1.40. The van der Waals surface area contributed by atoms with Crippen LogP contribution in [-0.4, -0.2) is 47.4 Å². The fraction of sp³-hybridized carbons (Fsp3) is 0.182. The van der Waals surface area contributed by atoms with E-state index in [1.54, 1.807) is 0 Å². The normalized spacial score (nSPS) is 12.6. The van der Waals surface area contributed by atoms with Crippen molar-refractivity contribution < 1.29 is 40.0 Å². The molecule has 0 saturated carbocycles. The Morgan fingerprint density at radius 3 is 2.42 bits per heavy atom. The van der Waals surface area contributed by atoms with Gasteiger partial charge in [-0.15, -0.1) is 0 Å². The molecule has 0 amide bonds. The largest absolute Gasteiger partial charge is 0.493 e. The van der Waals surface area contributed by atoms with Gasteiger partial charge in [-0.2, -0.15) is 8.78 Å². The van der Waals surface area contributed by atoms with Crippen LogP contribution in [0.2, 0.25) is 0 Å². The number of aromatic nitrogens is 3. The van der Waals surface area contributed by atoms with Crippen molar-refractivity contribution in [2.45, 2.75) is 22.4 Å². The number of alkyl halides is 2. The first-order valence-electron chi connectivity index (χ1n) is 10.1. The summed E-state index contributed by atoms with van der Waals surface area (Å²) in [5.74, 6) is -0.799. The van der Waals surface area contributed by atoms with Crippen molar-refractivity contribution in [1.29, 1.82) is 0 Å². The smallest absolute Gasteiger partial charge is 0.387 e. The lowest BCUT2D eigenvalue weighted by molar-refractivity contribution is -0.0497. The molecule has 1 atom stereocenters. The molecule has 2 aromatic heterocycles. The predicted octanol–water partition coefficient (Wildman–Crippen LogP) is 3.73. The summed E-state index contributed by atoms with van der Waals surface area (Å²) in [7, 11) is -3.86. The van der Waals surface area contributed by atoms with Gasteiger partial charge in [-0.1, -0.05) is 0 Å². The molecule has 4 aromatic rings. The number of nitrogens with zero attached hydrogens (tertiary/aromatic N) is 3. The standard InChI is InChI=1S/C22H18F3N3O6S2/c1-32-19-9-10-26-17(20(19)33-2)12-35(29)22-27-16-8-5-14(34-21(24)25)11-18(16)28(22)36(30,31)15-6-3-13(23)4-7-15/h3-11,21H,12H2,1-2H3. The second-order valence-electron chi connectivity index (χ2n) is 7.13. The molecular formula is C22H18F3N3O6S2. The lowest BCUT2D eigenvalue weighted by Crippen LogP contribution is -2.18. The Morgan fingerprint density at radius 1 is 1.06 bits per heavy atom. The second-order valence-corrected chi connectivity index (χ2v) is 10.3. The number of benzene rings is 2. The average molecular weight is 542 g/mol. The summed E-state index contributed by atoms with van der Waals surface area (Å²) < 4.78 is 95.2. The lowest BCUT2D eigenvalue weighted by atomic mass is 10.3. The Morgan fingerprint density at radius 2 is 1.78 bits per heavy atom. The maximum absolute atomic E-state index is 13.6. The molecule has 0 saturated heterocycles. The van der Waals surface area contributed by atoms with Crippen molar-refractivity contribution in [3.63, 3.8) is 0 Å². The first kappa shape index (κ1) is 25.4. The average Bonchev–Trinajstić information content (AvgIpc) is 3.23. The van der Waals surface area contributed by atoms with E-state index in [-0.39, 0.29) is 38.9 Å². The SMILES string of the molecule is COc1ccnc(CS(=O)c2nc3ccc(OC(F)F)cc3n2S(=O)(=O)c2ccc(F)cc2)c1OC. The van der Waals surface area contributed by atoms with Crippen LogP contribution in [0.1, 0.15) is 5.69 Å². The quantitative estimate of drug-likeness (QED) is 0.315. The van der Waals surface area contributed by atoms with Gasteiger partial charge in [0, 0.05) is 18.3 Å². The van der Waals surface area contributed by atoms with Gasteiger partial charge in [-0.25, -0.2) is 21.8 Å². The minimum atomic E-state index is -4.51. The molecule has 2 heterocycles. The summed E-state index contributed by atoms with van der Waals surface area (Å²) in [6.45, 7) is -3.16. The van der Waals surface area contributed by atoms with Gasteiger partial charge in [0.15, 0.2) is 11.5 Å². The number of halogens is 3. The Labute approximate surface area is 206 Å². The molecule has 2 aromatic carbocycles. The molecule has 0 bridgehead atoms. The number of fused-ring (bicyclic) bond motifs is 1. The molecule has 0 aliphatic rings. The van der Waals surface area contributed by atoms with E-state index in [1.165, 1.54) is 38.6 Å². The fourth-order valence-corrected chi connectivity index (χ4v) is 6.37. The molecule has 9 nitrogen and oxygen atoms in total. The highest BCUT2D eigenvalue weighted by Crippen LogP contribution is 2.33. The van der Waals surface area contributed by atoms with Gasteiger partial charge in [0.05, 0.1) is 52.4 Å². The van der Waals surface area contributed by atoms with Crippen LogP contribution in [0.3, 0.4) is 0 Å². The topological polar surface area (TPSA) is 110 Å². The third-order valence-corrected chi connectivity index (χ3v) is 8.02. The van der Waals surface area contributed by atoms with Crippen molar-refractivity contribution in [1.82, 2.24) is 13.9 Å². The summed E-state index contributed by atoms with van der Waals surface area (Å²) in [5, 5.41) is -0.407. The van der Waals surface area contributed by atoms with E-state index in [2.05, 4.69) is 14.7 Å². The third-order valence-electron chi connectivity index (χ3n) is 4.97. The van der Waals surface area contributed by atoms with E-state index < -0.39 is 38.4 Å². The maximum atomic E-state index is 13.6. The van der Waals surface area contributed by atoms with Gasteiger partial charge in [0.25, 0.3) is 10.0 Å². The molecule has 0 N–H and O–H groups in total. The molecule has 0 aliphatic heterocycles. The minimum absolute atomic E-state index is 0.0521. The van der Waals surface area contributed by atoms with Gasteiger partial charge in [0.2, 0.25) is 5.16 Å². The van der Waals surface area contributed by atoms with E-state index in [9.17, 15) is 25.8 Å². The fourth-order valence-electron chi connectivity index (χ4n) is 3.42. The van der Waals surface area contributed by atoms with Crippen LogP contribution in [0, 0.1) is 5.82 Å². The van der Waals surface area contributed by atoms with Crippen LogP contribution in [0.15, 0.2) is 64.8 Å². The summed E-state index contributed by atoms with van der Waals surface area (Å²) in [5.41, 5.74) is 0.0947. The van der Waals surface area contributed by atoms with Crippen LogP contribution in [0.5, 0.6) is 17.2 Å². The number of hydrogen-bond donors (Lipinski definition) is 0. The molecule has 0 radical (unpaired) electrons. The van der Waals surface area contributed by atoms with Crippen molar-refractivity contribution >= 4 is 31.9 Å². The molecule has 0 fully saturated rings. The molecule has 190 valence electrons. The number of ether oxygens (including phenoxy) is 3. The molecule has 4 rings (SSSR count). The second kappa shape index (κ2) is 10.1. The number of imidazole rings is 1. The molecule has 0 spiro atoms. The number of methoxy groups -OCH3 is 2. The van der Waals surface area contributed by atoms with Gasteiger partial charge >= 0.3 is 6.61 Å². The Balaban J connectivity index is 1.90. The Bertz CT molecular complexity index is 1540. The van der Waals surface area contributed by atoms with Crippen molar-refractivity contribution in [2.24, 2.45) is 0 Å². The van der Waals surface area contributed by atoms with E-state index >= 15 is 0 Å². The minimum Gasteiger partial charge on any atom is -0.493 e. The van der Waals surface area contributed by atoms with Gasteiger partial charge in [-0.05, 0) is 36.4 Å².